The van der Waals surface area contributed by atoms with Crippen LogP contribution in [0.5, 0.6) is 11.5 Å². The lowest BCUT2D eigenvalue weighted by molar-refractivity contribution is -0.155. The number of thiazole rings is 1. The molecule has 0 spiro atoms. The van der Waals surface area contributed by atoms with Gasteiger partial charge in [0, 0.05) is 12.6 Å². The molecule has 0 aliphatic rings. The molecular formula is C20H26N2O5S. The lowest BCUT2D eigenvalue weighted by Crippen LogP contribution is -2.36. The highest BCUT2D eigenvalue weighted by atomic mass is 32.1. The van der Waals surface area contributed by atoms with Crippen molar-refractivity contribution >= 4 is 23.2 Å². The molecule has 0 unspecified atom stereocenters. The molecule has 1 heterocycles. The summed E-state index contributed by atoms with van der Waals surface area (Å²) in [5.41, 5.74) is 0.831. The molecule has 1 amide bonds. The fourth-order valence-corrected chi connectivity index (χ4v) is 3.56. The van der Waals surface area contributed by atoms with Gasteiger partial charge in [0.15, 0.2) is 11.5 Å². The van der Waals surface area contributed by atoms with Crippen molar-refractivity contribution < 1.29 is 23.8 Å². The fraction of sp³-hybridized carbons (Fsp3) is 0.450. The van der Waals surface area contributed by atoms with Gasteiger partial charge in [-0.15, -0.1) is 11.3 Å². The first-order valence-corrected chi connectivity index (χ1v) is 9.54. The van der Waals surface area contributed by atoms with Crippen LogP contribution >= 0.6 is 11.3 Å². The standard InChI is InChI=1S/C20H26N2O5S/c1-12-17(19(24)22(5)11-16(23)27-20(2,3)4)28-18(21-12)13-8-9-14(25-6)15(10-13)26-7/h8-10H,11H2,1-7H3. The Balaban J connectivity index is 2.21. The van der Waals surface area contributed by atoms with Gasteiger partial charge in [-0.1, -0.05) is 0 Å². The van der Waals surface area contributed by atoms with Gasteiger partial charge in [0.1, 0.15) is 22.0 Å². The number of carbonyl (C=O) groups is 2. The SMILES string of the molecule is COc1ccc(-c2nc(C)c(C(=O)N(C)CC(=O)OC(C)(C)C)s2)cc1OC. The number of hydrogen-bond acceptors (Lipinski definition) is 7. The third kappa shape index (κ3) is 5.22. The minimum atomic E-state index is -0.595. The van der Waals surface area contributed by atoms with Gasteiger partial charge in [0.05, 0.1) is 19.9 Å². The Morgan fingerprint density at radius 3 is 2.36 bits per heavy atom. The van der Waals surface area contributed by atoms with E-state index in [0.29, 0.717) is 27.1 Å². The van der Waals surface area contributed by atoms with Crippen LogP contribution in [0.4, 0.5) is 0 Å². The molecule has 0 saturated carbocycles. The maximum atomic E-state index is 12.8. The maximum absolute atomic E-state index is 12.8. The van der Waals surface area contributed by atoms with Crippen LogP contribution in [-0.4, -0.2) is 55.2 Å². The zero-order valence-corrected chi connectivity index (χ0v) is 18.1. The zero-order chi connectivity index (χ0) is 21.1. The van der Waals surface area contributed by atoms with Crippen LogP contribution in [0.3, 0.4) is 0 Å². The third-order valence-corrected chi connectivity index (χ3v) is 4.95. The number of hydrogen-bond donors (Lipinski definition) is 0. The molecule has 1 aromatic carbocycles. The van der Waals surface area contributed by atoms with Crippen LogP contribution in [0.1, 0.15) is 36.1 Å². The quantitative estimate of drug-likeness (QED) is 0.683. The van der Waals surface area contributed by atoms with Crippen LogP contribution in [0, 0.1) is 6.92 Å². The van der Waals surface area contributed by atoms with E-state index in [1.54, 1.807) is 55.0 Å². The van der Waals surface area contributed by atoms with Crippen LogP contribution < -0.4 is 9.47 Å². The topological polar surface area (TPSA) is 78.0 Å². The molecule has 0 fully saturated rings. The number of ether oxygens (including phenoxy) is 3. The lowest BCUT2D eigenvalue weighted by atomic mass is 10.2. The molecular weight excluding hydrogens is 380 g/mol. The normalized spacial score (nSPS) is 11.1. The van der Waals surface area contributed by atoms with Crippen molar-refractivity contribution in [2.45, 2.75) is 33.3 Å². The van der Waals surface area contributed by atoms with Gasteiger partial charge >= 0.3 is 5.97 Å². The highest BCUT2D eigenvalue weighted by Crippen LogP contribution is 2.35. The lowest BCUT2D eigenvalue weighted by Gasteiger charge is -2.22. The second-order valence-electron chi connectivity index (χ2n) is 7.25. The molecule has 0 aliphatic heterocycles. The van der Waals surface area contributed by atoms with Crippen LogP contribution in [0.15, 0.2) is 18.2 Å². The summed E-state index contributed by atoms with van der Waals surface area (Å²) in [5, 5.41) is 0.687. The summed E-state index contributed by atoms with van der Waals surface area (Å²) in [6, 6.07) is 5.47. The van der Waals surface area contributed by atoms with Crippen LogP contribution in [0.25, 0.3) is 10.6 Å². The van der Waals surface area contributed by atoms with E-state index in [4.69, 9.17) is 14.2 Å². The summed E-state index contributed by atoms with van der Waals surface area (Å²) in [6.45, 7) is 7.01. The second-order valence-corrected chi connectivity index (χ2v) is 8.25. The van der Waals surface area contributed by atoms with E-state index >= 15 is 0 Å². The predicted octanol–water partition coefficient (Wildman–Crippen LogP) is 3.55. The molecule has 0 atom stereocenters. The summed E-state index contributed by atoms with van der Waals surface area (Å²) in [4.78, 5) is 31.1. The summed E-state index contributed by atoms with van der Waals surface area (Å²) in [5.74, 6) is 0.480. The highest BCUT2D eigenvalue weighted by molar-refractivity contribution is 7.17. The van der Waals surface area contributed by atoms with Crippen molar-refractivity contribution in [1.82, 2.24) is 9.88 Å². The molecule has 1 aromatic heterocycles. The van der Waals surface area contributed by atoms with Gasteiger partial charge in [-0.25, -0.2) is 4.98 Å². The molecule has 2 rings (SSSR count). The van der Waals surface area contributed by atoms with Gasteiger partial charge in [-0.3, -0.25) is 9.59 Å². The van der Waals surface area contributed by atoms with Gasteiger partial charge < -0.3 is 19.1 Å². The molecule has 0 bridgehead atoms. The first-order chi connectivity index (χ1) is 13.1. The van der Waals surface area contributed by atoms with Crippen molar-refractivity contribution in [2.75, 3.05) is 27.8 Å². The fourth-order valence-electron chi connectivity index (χ4n) is 2.50. The first-order valence-electron chi connectivity index (χ1n) is 8.73. The minimum Gasteiger partial charge on any atom is -0.493 e. The number of esters is 1. The molecule has 0 N–H and O–H groups in total. The van der Waals surface area contributed by atoms with Gasteiger partial charge in [-0.2, -0.15) is 0 Å². The van der Waals surface area contributed by atoms with Gasteiger partial charge in [-0.05, 0) is 45.9 Å². The van der Waals surface area contributed by atoms with Gasteiger partial charge in [0.2, 0.25) is 0 Å². The molecule has 0 aliphatic carbocycles. The zero-order valence-electron chi connectivity index (χ0n) is 17.3. The average molecular weight is 407 g/mol. The molecule has 8 heteroatoms. The minimum absolute atomic E-state index is 0.126. The van der Waals surface area contributed by atoms with E-state index in [2.05, 4.69) is 4.98 Å². The van der Waals surface area contributed by atoms with E-state index in [1.807, 2.05) is 12.1 Å². The Bertz CT molecular complexity index is 870. The first kappa shape index (κ1) is 21.7. The molecule has 152 valence electrons. The molecule has 0 radical (unpaired) electrons. The number of aromatic nitrogens is 1. The van der Waals surface area contributed by atoms with Gasteiger partial charge in [0.25, 0.3) is 5.91 Å². The van der Waals surface area contributed by atoms with E-state index in [1.165, 1.54) is 16.2 Å². The molecule has 0 saturated heterocycles. The van der Waals surface area contributed by atoms with Crippen molar-refractivity contribution in [3.63, 3.8) is 0 Å². The van der Waals surface area contributed by atoms with E-state index in [9.17, 15) is 9.59 Å². The summed E-state index contributed by atoms with van der Waals surface area (Å²) < 4.78 is 15.9. The largest absolute Gasteiger partial charge is 0.493 e. The smallest absolute Gasteiger partial charge is 0.326 e. The Labute approximate surface area is 169 Å². The second kappa shape index (κ2) is 8.60. The van der Waals surface area contributed by atoms with E-state index in [-0.39, 0.29) is 12.5 Å². The van der Waals surface area contributed by atoms with Crippen molar-refractivity contribution in [3.05, 3.63) is 28.8 Å². The van der Waals surface area contributed by atoms with Crippen molar-refractivity contribution in [3.8, 4) is 22.1 Å². The number of carbonyl (C=O) groups excluding carboxylic acids is 2. The maximum Gasteiger partial charge on any atom is 0.326 e. The van der Waals surface area contributed by atoms with Crippen molar-refractivity contribution in [2.24, 2.45) is 0 Å². The number of nitrogens with zero attached hydrogens (tertiary/aromatic N) is 2. The number of methoxy groups -OCH3 is 2. The summed E-state index contributed by atoms with van der Waals surface area (Å²) >= 11 is 1.27. The predicted molar refractivity (Wildman–Crippen MR) is 108 cm³/mol. The number of aryl methyl sites for hydroxylation is 1. The molecule has 28 heavy (non-hydrogen) atoms. The molecule has 2 aromatic rings. The van der Waals surface area contributed by atoms with Crippen molar-refractivity contribution in [1.29, 1.82) is 0 Å². The Morgan fingerprint density at radius 2 is 1.79 bits per heavy atom. The monoisotopic (exact) mass is 406 g/mol. The Morgan fingerprint density at radius 1 is 1.14 bits per heavy atom. The van der Waals surface area contributed by atoms with E-state index < -0.39 is 11.6 Å². The van der Waals surface area contributed by atoms with Crippen LogP contribution in [-0.2, 0) is 9.53 Å². The average Bonchev–Trinajstić information content (AvgIpc) is 3.00. The molecule has 7 nitrogen and oxygen atoms in total. The third-order valence-electron chi connectivity index (χ3n) is 3.75. The number of benzene rings is 1. The Kier molecular flexibility index (Phi) is 6.66. The number of amides is 1. The number of rotatable bonds is 6. The van der Waals surface area contributed by atoms with Crippen LogP contribution in [0.2, 0.25) is 0 Å². The number of likely N-dealkylation sites (N-methyl/N-ethyl adjacent to an activating group) is 1. The summed E-state index contributed by atoms with van der Waals surface area (Å²) in [7, 11) is 4.71. The summed E-state index contributed by atoms with van der Waals surface area (Å²) in [6.07, 6.45) is 0. The highest BCUT2D eigenvalue weighted by Gasteiger charge is 2.24. The van der Waals surface area contributed by atoms with E-state index in [0.717, 1.165) is 5.56 Å². The Hall–Kier alpha value is -2.61.